The Kier molecular flexibility index (Phi) is 5.50. The van der Waals surface area contributed by atoms with E-state index in [1.165, 1.54) is 6.07 Å². The van der Waals surface area contributed by atoms with Gasteiger partial charge in [0.05, 0.1) is 22.8 Å². The van der Waals surface area contributed by atoms with Gasteiger partial charge in [0.2, 0.25) is 5.91 Å². The molecule has 7 rings (SSSR count). The van der Waals surface area contributed by atoms with Gasteiger partial charge in [-0.3, -0.25) is 9.89 Å². The number of rotatable bonds is 5. The van der Waals surface area contributed by atoms with E-state index in [0.717, 1.165) is 52.9 Å². The van der Waals surface area contributed by atoms with Crippen LogP contribution >= 0.6 is 0 Å². The minimum absolute atomic E-state index is 0.0432. The summed E-state index contributed by atoms with van der Waals surface area (Å²) in [6.45, 7) is 1.83. The van der Waals surface area contributed by atoms with Gasteiger partial charge in [-0.05, 0) is 60.6 Å². The SMILES string of the molecule is O=C(C1CC1)N1CC[C@H](Cn2c(-c3ccc(-c4ccc5[nH]ncc5c4)cc3)nc3c(C(F)(F)F)cccc32)C1. The highest BCUT2D eigenvalue weighted by Crippen LogP contribution is 2.38. The number of aromatic amines is 1. The summed E-state index contributed by atoms with van der Waals surface area (Å²) in [4.78, 5) is 19.1. The van der Waals surface area contributed by atoms with Gasteiger partial charge in [-0.25, -0.2) is 4.98 Å². The summed E-state index contributed by atoms with van der Waals surface area (Å²) >= 11 is 0. The number of benzene rings is 3. The summed E-state index contributed by atoms with van der Waals surface area (Å²) in [5, 5.41) is 8.03. The molecule has 9 heteroatoms. The molecule has 198 valence electrons. The van der Waals surface area contributed by atoms with Gasteiger partial charge < -0.3 is 9.47 Å². The Morgan fingerprint density at radius 3 is 2.51 bits per heavy atom. The number of hydrogen-bond donors (Lipinski definition) is 1. The Morgan fingerprint density at radius 1 is 0.974 bits per heavy atom. The molecule has 6 nitrogen and oxygen atoms in total. The van der Waals surface area contributed by atoms with E-state index in [0.29, 0.717) is 31.0 Å². The van der Waals surface area contributed by atoms with Crippen LogP contribution in [0.4, 0.5) is 13.2 Å². The van der Waals surface area contributed by atoms with Gasteiger partial charge in [-0.15, -0.1) is 0 Å². The number of nitrogens with zero attached hydrogens (tertiary/aromatic N) is 4. The molecule has 1 N–H and O–H groups in total. The van der Waals surface area contributed by atoms with Crippen molar-refractivity contribution in [3.63, 3.8) is 0 Å². The third kappa shape index (κ3) is 4.35. The second-order valence-corrected chi connectivity index (χ2v) is 10.7. The number of para-hydroxylation sites is 1. The number of H-pyrrole nitrogens is 1. The molecule has 1 aliphatic carbocycles. The van der Waals surface area contributed by atoms with Crippen LogP contribution in [-0.2, 0) is 17.5 Å². The molecule has 0 spiro atoms. The average molecular weight is 530 g/mol. The number of nitrogens with one attached hydrogen (secondary N) is 1. The highest BCUT2D eigenvalue weighted by atomic mass is 19.4. The smallest absolute Gasteiger partial charge is 0.342 e. The van der Waals surface area contributed by atoms with Crippen LogP contribution in [-0.4, -0.2) is 43.6 Å². The standard InChI is InChI=1S/C30H26F3N5O/c31-30(32,33)24-2-1-3-26-27(24)35-28(38(26)17-18-12-13-37(16-18)29(39)21-8-9-21)20-6-4-19(5-7-20)22-10-11-25-23(14-22)15-34-36-25/h1-7,10-11,14-15,18,21H,8-9,12-13,16-17H2,(H,34,36)/t18-/m0/s1. The number of imidazole rings is 1. The monoisotopic (exact) mass is 529 g/mol. The van der Waals surface area contributed by atoms with E-state index in [2.05, 4.69) is 15.2 Å². The zero-order chi connectivity index (χ0) is 26.7. The summed E-state index contributed by atoms with van der Waals surface area (Å²) in [5.74, 6) is 1.04. The Bertz CT molecular complexity index is 1700. The van der Waals surface area contributed by atoms with E-state index >= 15 is 0 Å². The van der Waals surface area contributed by atoms with Crippen LogP contribution in [0.1, 0.15) is 24.8 Å². The molecule has 1 saturated carbocycles. The van der Waals surface area contributed by atoms with Crippen molar-refractivity contribution < 1.29 is 18.0 Å². The zero-order valence-electron chi connectivity index (χ0n) is 21.1. The van der Waals surface area contributed by atoms with Crippen LogP contribution < -0.4 is 0 Å². The molecular weight excluding hydrogens is 503 g/mol. The maximum absolute atomic E-state index is 13.9. The second kappa shape index (κ2) is 8.97. The Morgan fingerprint density at radius 2 is 1.74 bits per heavy atom. The molecule has 0 bridgehead atoms. The Hall–Kier alpha value is -4.14. The van der Waals surface area contributed by atoms with Crippen molar-refractivity contribution in [2.24, 2.45) is 11.8 Å². The summed E-state index contributed by atoms with van der Waals surface area (Å²) in [7, 11) is 0. The molecule has 2 aliphatic rings. The van der Waals surface area contributed by atoms with E-state index in [-0.39, 0.29) is 23.3 Å². The largest absolute Gasteiger partial charge is 0.418 e. The minimum Gasteiger partial charge on any atom is -0.342 e. The molecule has 2 fully saturated rings. The number of carbonyl (C=O) groups excluding carboxylic acids is 1. The first-order valence-corrected chi connectivity index (χ1v) is 13.2. The van der Waals surface area contributed by atoms with Gasteiger partial charge in [0.1, 0.15) is 11.3 Å². The quantitative estimate of drug-likeness (QED) is 0.282. The van der Waals surface area contributed by atoms with Crippen molar-refractivity contribution >= 4 is 27.8 Å². The number of likely N-dealkylation sites (tertiary alicyclic amines) is 1. The maximum Gasteiger partial charge on any atom is 0.418 e. The zero-order valence-corrected chi connectivity index (χ0v) is 21.1. The molecule has 1 saturated heterocycles. The van der Waals surface area contributed by atoms with Crippen LogP contribution in [0.15, 0.2) is 66.9 Å². The predicted molar refractivity (Wildman–Crippen MR) is 143 cm³/mol. The van der Waals surface area contributed by atoms with Crippen molar-refractivity contribution in [2.75, 3.05) is 13.1 Å². The normalized spacial score (nSPS) is 17.9. The van der Waals surface area contributed by atoms with Gasteiger partial charge in [0, 0.05) is 36.5 Å². The topological polar surface area (TPSA) is 66.8 Å². The van der Waals surface area contributed by atoms with Crippen LogP contribution in [0.2, 0.25) is 0 Å². The number of halogens is 3. The van der Waals surface area contributed by atoms with Crippen molar-refractivity contribution in [1.82, 2.24) is 24.6 Å². The molecule has 2 aromatic heterocycles. The first kappa shape index (κ1) is 23.9. The first-order valence-electron chi connectivity index (χ1n) is 13.2. The fourth-order valence-electron chi connectivity index (χ4n) is 5.74. The van der Waals surface area contributed by atoms with Crippen LogP contribution in [0.5, 0.6) is 0 Å². The number of hydrogen-bond acceptors (Lipinski definition) is 3. The summed E-state index contributed by atoms with van der Waals surface area (Å²) in [5.41, 5.74) is 3.40. The lowest BCUT2D eigenvalue weighted by Gasteiger charge is -2.18. The molecular formula is C30H26F3N5O. The summed E-state index contributed by atoms with van der Waals surface area (Å²) in [6, 6.07) is 18.0. The lowest BCUT2D eigenvalue weighted by atomic mass is 10.0. The summed E-state index contributed by atoms with van der Waals surface area (Å²) in [6.07, 6.45) is 0.0133. The predicted octanol–water partition coefficient (Wildman–Crippen LogP) is 6.52. The van der Waals surface area contributed by atoms with E-state index in [4.69, 9.17) is 0 Å². The summed E-state index contributed by atoms with van der Waals surface area (Å²) < 4.78 is 43.7. The number of aromatic nitrogens is 4. The lowest BCUT2D eigenvalue weighted by molar-refractivity contribution is -0.136. The van der Waals surface area contributed by atoms with E-state index in [1.807, 2.05) is 51.9 Å². The molecule has 1 atom stereocenters. The van der Waals surface area contributed by atoms with Crippen molar-refractivity contribution in [1.29, 1.82) is 0 Å². The van der Waals surface area contributed by atoms with Gasteiger partial charge in [-0.1, -0.05) is 36.4 Å². The number of amides is 1. The van der Waals surface area contributed by atoms with Crippen molar-refractivity contribution in [3.05, 3.63) is 72.4 Å². The van der Waals surface area contributed by atoms with Gasteiger partial charge >= 0.3 is 6.18 Å². The second-order valence-electron chi connectivity index (χ2n) is 10.7. The highest BCUT2D eigenvalue weighted by Gasteiger charge is 2.38. The third-order valence-electron chi connectivity index (χ3n) is 7.97. The number of fused-ring (bicyclic) bond motifs is 2. The fourth-order valence-corrected chi connectivity index (χ4v) is 5.74. The maximum atomic E-state index is 13.9. The highest BCUT2D eigenvalue weighted by molar-refractivity contribution is 5.86. The van der Waals surface area contributed by atoms with Gasteiger partial charge in [0.25, 0.3) is 0 Å². The molecule has 1 aliphatic heterocycles. The molecule has 0 unspecified atom stereocenters. The van der Waals surface area contributed by atoms with Crippen LogP contribution in [0.3, 0.4) is 0 Å². The van der Waals surface area contributed by atoms with Gasteiger partial charge in [-0.2, -0.15) is 18.3 Å². The Labute approximate surface area is 222 Å². The molecule has 3 aromatic carbocycles. The van der Waals surface area contributed by atoms with E-state index < -0.39 is 11.7 Å². The molecule has 1 amide bonds. The average Bonchev–Trinajstić information content (AvgIpc) is 3.32. The molecule has 3 heterocycles. The van der Waals surface area contributed by atoms with Crippen LogP contribution in [0, 0.1) is 11.8 Å². The number of alkyl halides is 3. The lowest BCUT2D eigenvalue weighted by Crippen LogP contribution is -2.30. The van der Waals surface area contributed by atoms with Gasteiger partial charge in [0.15, 0.2) is 0 Å². The van der Waals surface area contributed by atoms with Crippen molar-refractivity contribution in [3.8, 4) is 22.5 Å². The van der Waals surface area contributed by atoms with E-state index in [1.54, 1.807) is 12.3 Å². The number of carbonyl (C=O) groups is 1. The van der Waals surface area contributed by atoms with Crippen LogP contribution in [0.25, 0.3) is 44.5 Å². The molecule has 5 aromatic rings. The van der Waals surface area contributed by atoms with Crippen molar-refractivity contribution in [2.45, 2.75) is 32.0 Å². The fraction of sp³-hybridized carbons (Fsp3) is 0.300. The molecule has 39 heavy (non-hydrogen) atoms. The molecule has 0 radical (unpaired) electrons. The minimum atomic E-state index is -4.51. The van der Waals surface area contributed by atoms with E-state index in [9.17, 15) is 18.0 Å². The third-order valence-corrected chi connectivity index (χ3v) is 7.97. The first-order chi connectivity index (χ1) is 18.8. The Balaban J connectivity index is 1.26.